The third-order valence-electron chi connectivity index (χ3n) is 4.96. The Labute approximate surface area is 146 Å². The van der Waals surface area contributed by atoms with Gasteiger partial charge in [-0.05, 0) is 34.7 Å². The Morgan fingerprint density at radius 3 is 2.92 bits per heavy atom. The molecule has 2 heterocycles. The zero-order valence-corrected chi connectivity index (χ0v) is 13.9. The quantitative estimate of drug-likeness (QED) is 0.883. The number of aliphatic hydroxyl groups excluding tert-OH is 1. The fourth-order valence-corrected chi connectivity index (χ4v) is 3.59. The molecule has 2 aromatic rings. The molecular weight excluding hydrogens is 316 g/mol. The lowest BCUT2D eigenvalue weighted by Crippen LogP contribution is -2.32. The summed E-state index contributed by atoms with van der Waals surface area (Å²) in [4.78, 5) is 26.0. The van der Waals surface area contributed by atoms with Crippen LogP contribution in [0.3, 0.4) is 0 Å². The molecule has 5 nitrogen and oxygen atoms in total. The van der Waals surface area contributed by atoms with E-state index in [9.17, 15) is 14.7 Å². The van der Waals surface area contributed by atoms with Crippen molar-refractivity contribution in [2.45, 2.75) is 31.9 Å². The van der Waals surface area contributed by atoms with Crippen LogP contribution in [-0.4, -0.2) is 28.4 Å². The summed E-state index contributed by atoms with van der Waals surface area (Å²) in [7, 11) is 0. The lowest BCUT2D eigenvalue weighted by atomic mass is 10.0. The second kappa shape index (κ2) is 6.33. The van der Waals surface area contributed by atoms with Crippen molar-refractivity contribution >= 4 is 17.5 Å². The first-order valence-electron chi connectivity index (χ1n) is 8.55. The fraction of sp³-hybridized carbons (Fsp3) is 0.300. The number of aliphatic hydroxyl groups is 1. The average molecular weight is 336 g/mol. The Morgan fingerprint density at radius 2 is 2.04 bits per heavy atom. The summed E-state index contributed by atoms with van der Waals surface area (Å²) in [6.07, 6.45) is 0.721. The van der Waals surface area contributed by atoms with Gasteiger partial charge < -0.3 is 15.3 Å². The van der Waals surface area contributed by atoms with Crippen LogP contribution in [0.15, 0.2) is 42.5 Å². The molecule has 0 saturated heterocycles. The second-order valence-electron chi connectivity index (χ2n) is 6.71. The standard InChI is InChI=1S/C20H20N2O3/c23-18-7-8-22(12-15-3-1-2-4-16(15)18)20(25)10-13-5-6-14-11-19(24)21-17(14)9-13/h1-6,9,18,23H,7-8,10-12H2,(H,21,24). The molecule has 0 aliphatic carbocycles. The summed E-state index contributed by atoms with van der Waals surface area (Å²) in [5.74, 6) is 0.0322. The van der Waals surface area contributed by atoms with E-state index in [0.717, 1.165) is 27.9 Å². The van der Waals surface area contributed by atoms with E-state index in [4.69, 9.17) is 0 Å². The van der Waals surface area contributed by atoms with Crippen molar-refractivity contribution in [2.75, 3.05) is 11.9 Å². The summed E-state index contributed by atoms with van der Waals surface area (Å²) in [5.41, 5.74) is 4.60. The van der Waals surface area contributed by atoms with Gasteiger partial charge >= 0.3 is 0 Å². The molecular formula is C20H20N2O3. The molecule has 0 radical (unpaired) electrons. The molecule has 1 unspecified atom stereocenters. The van der Waals surface area contributed by atoms with Gasteiger partial charge in [-0.1, -0.05) is 36.4 Å². The van der Waals surface area contributed by atoms with Gasteiger partial charge in [0.2, 0.25) is 11.8 Å². The Bertz CT molecular complexity index is 847. The van der Waals surface area contributed by atoms with Gasteiger partial charge in [-0.2, -0.15) is 0 Å². The maximum absolute atomic E-state index is 12.8. The molecule has 4 rings (SSSR count). The molecule has 0 saturated carbocycles. The van der Waals surface area contributed by atoms with Gasteiger partial charge in [0.15, 0.2) is 0 Å². The van der Waals surface area contributed by atoms with Crippen LogP contribution in [0.25, 0.3) is 0 Å². The van der Waals surface area contributed by atoms with E-state index in [1.54, 1.807) is 4.90 Å². The Kier molecular flexibility index (Phi) is 4.01. The molecule has 0 spiro atoms. The lowest BCUT2D eigenvalue weighted by Gasteiger charge is -2.21. The van der Waals surface area contributed by atoms with Crippen molar-refractivity contribution in [1.82, 2.24) is 4.90 Å². The van der Waals surface area contributed by atoms with Crippen LogP contribution in [0, 0.1) is 0 Å². The summed E-state index contributed by atoms with van der Waals surface area (Å²) < 4.78 is 0. The number of amides is 2. The summed E-state index contributed by atoms with van der Waals surface area (Å²) in [5, 5.41) is 13.1. The lowest BCUT2D eigenvalue weighted by molar-refractivity contribution is -0.131. The first-order valence-corrected chi connectivity index (χ1v) is 8.55. The van der Waals surface area contributed by atoms with Gasteiger partial charge in [0.1, 0.15) is 0 Å². The van der Waals surface area contributed by atoms with Gasteiger partial charge in [0.05, 0.1) is 18.9 Å². The molecule has 2 N–H and O–H groups in total. The molecule has 5 heteroatoms. The topological polar surface area (TPSA) is 69.6 Å². The third-order valence-corrected chi connectivity index (χ3v) is 4.96. The zero-order chi connectivity index (χ0) is 17.4. The van der Waals surface area contributed by atoms with Gasteiger partial charge in [-0.3, -0.25) is 9.59 Å². The number of fused-ring (bicyclic) bond motifs is 2. The van der Waals surface area contributed by atoms with Gasteiger partial charge in [0.25, 0.3) is 0 Å². The molecule has 1 atom stereocenters. The molecule has 128 valence electrons. The highest BCUT2D eigenvalue weighted by Crippen LogP contribution is 2.28. The van der Waals surface area contributed by atoms with E-state index in [1.807, 2.05) is 42.5 Å². The zero-order valence-electron chi connectivity index (χ0n) is 13.9. The van der Waals surface area contributed by atoms with Crippen LogP contribution in [0.5, 0.6) is 0 Å². The van der Waals surface area contributed by atoms with E-state index < -0.39 is 6.10 Å². The summed E-state index contributed by atoms with van der Waals surface area (Å²) in [6.45, 7) is 1.06. The maximum Gasteiger partial charge on any atom is 0.228 e. The molecule has 2 aliphatic rings. The Balaban J connectivity index is 1.50. The number of rotatable bonds is 2. The van der Waals surface area contributed by atoms with Crippen LogP contribution in [0.2, 0.25) is 0 Å². The summed E-state index contributed by atoms with van der Waals surface area (Å²) in [6, 6.07) is 13.5. The average Bonchev–Trinajstić information content (AvgIpc) is 2.88. The van der Waals surface area contributed by atoms with E-state index in [2.05, 4.69) is 5.32 Å². The largest absolute Gasteiger partial charge is 0.388 e. The highest BCUT2D eigenvalue weighted by Gasteiger charge is 2.24. The molecule has 0 bridgehead atoms. The minimum atomic E-state index is -0.524. The number of benzene rings is 2. The number of carbonyl (C=O) groups excluding carboxylic acids is 2. The van der Waals surface area contributed by atoms with Gasteiger partial charge in [0, 0.05) is 18.8 Å². The van der Waals surface area contributed by atoms with Crippen LogP contribution in [0.4, 0.5) is 5.69 Å². The first-order chi connectivity index (χ1) is 12.1. The van der Waals surface area contributed by atoms with Crippen LogP contribution < -0.4 is 5.32 Å². The van der Waals surface area contributed by atoms with E-state index in [0.29, 0.717) is 32.4 Å². The number of anilines is 1. The van der Waals surface area contributed by atoms with Crippen LogP contribution in [0.1, 0.15) is 34.8 Å². The highest BCUT2D eigenvalue weighted by atomic mass is 16.3. The van der Waals surface area contributed by atoms with Crippen molar-refractivity contribution in [3.8, 4) is 0 Å². The third kappa shape index (κ3) is 3.15. The van der Waals surface area contributed by atoms with Crippen molar-refractivity contribution in [3.05, 3.63) is 64.7 Å². The van der Waals surface area contributed by atoms with Gasteiger partial charge in [-0.15, -0.1) is 0 Å². The number of hydrogen-bond donors (Lipinski definition) is 2. The fourth-order valence-electron chi connectivity index (χ4n) is 3.59. The van der Waals surface area contributed by atoms with E-state index >= 15 is 0 Å². The smallest absolute Gasteiger partial charge is 0.228 e. The Hall–Kier alpha value is -2.66. The van der Waals surface area contributed by atoms with Crippen LogP contribution >= 0.6 is 0 Å². The van der Waals surface area contributed by atoms with Gasteiger partial charge in [-0.25, -0.2) is 0 Å². The first kappa shape index (κ1) is 15.8. The number of nitrogens with zero attached hydrogens (tertiary/aromatic N) is 1. The second-order valence-corrected chi connectivity index (χ2v) is 6.71. The normalized spacial score (nSPS) is 19.0. The molecule has 2 aliphatic heterocycles. The van der Waals surface area contributed by atoms with Crippen molar-refractivity contribution in [3.63, 3.8) is 0 Å². The Morgan fingerprint density at radius 1 is 1.20 bits per heavy atom. The highest BCUT2D eigenvalue weighted by molar-refractivity contribution is 5.99. The summed E-state index contributed by atoms with van der Waals surface area (Å²) >= 11 is 0. The number of carbonyl (C=O) groups is 2. The van der Waals surface area contributed by atoms with E-state index in [1.165, 1.54) is 0 Å². The predicted molar refractivity (Wildman–Crippen MR) is 93.9 cm³/mol. The molecule has 0 fully saturated rings. The SMILES string of the molecule is O=C1Cc2ccc(CC(=O)N3CCC(O)c4ccccc4C3)cc2N1. The van der Waals surface area contributed by atoms with Crippen LogP contribution in [-0.2, 0) is 29.0 Å². The van der Waals surface area contributed by atoms with Crippen molar-refractivity contribution in [2.24, 2.45) is 0 Å². The predicted octanol–water partition coefficient (Wildman–Crippen LogP) is 2.19. The monoisotopic (exact) mass is 336 g/mol. The molecule has 2 amide bonds. The number of hydrogen-bond acceptors (Lipinski definition) is 3. The van der Waals surface area contributed by atoms with E-state index in [-0.39, 0.29) is 11.8 Å². The van der Waals surface area contributed by atoms with Crippen molar-refractivity contribution in [1.29, 1.82) is 0 Å². The maximum atomic E-state index is 12.8. The number of nitrogens with one attached hydrogen (secondary N) is 1. The molecule has 25 heavy (non-hydrogen) atoms. The minimum Gasteiger partial charge on any atom is -0.388 e. The molecule has 2 aromatic carbocycles. The van der Waals surface area contributed by atoms with Crippen molar-refractivity contribution < 1.29 is 14.7 Å². The molecule has 0 aromatic heterocycles. The minimum absolute atomic E-state index is 0.00316.